The number of likely N-dealkylation sites (tertiary alicyclic amines) is 1. The van der Waals surface area contributed by atoms with Crippen LogP contribution in [0.4, 0.5) is 0 Å². The lowest BCUT2D eigenvalue weighted by Gasteiger charge is -2.34. The van der Waals surface area contributed by atoms with Crippen molar-refractivity contribution in [1.82, 2.24) is 20.0 Å². The first kappa shape index (κ1) is 18.4. The molecule has 7 nitrogen and oxygen atoms in total. The maximum Gasteiger partial charge on any atom is 0.254 e. The van der Waals surface area contributed by atoms with Gasteiger partial charge >= 0.3 is 0 Å². The van der Waals surface area contributed by atoms with Crippen molar-refractivity contribution in [1.29, 1.82) is 0 Å². The number of hydrogen-bond acceptors (Lipinski definition) is 4. The van der Waals surface area contributed by atoms with Gasteiger partial charge in [-0.25, -0.2) is 0 Å². The Morgan fingerprint density at radius 2 is 2.04 bits per heavy atom. The number of rotatable bonds is 6. The summed E-state index contributed by atoms with van der Waals surface area (Å²) in [7, 11) is 3.42. The van der Waals surface area contributed by atoms with Gasteiger partial charge in [0.1, 0.15) is 0 Å². The second-order valence-electron chi connectivity index (χ2n) is 7.08. The molecule has 0 saturated carbocycles. The lowest BCUT2D eigenvalue weighted by atomic mass is 9.95. The Morgan fingerprint density at radius 1 is 1.38 bits per heavy atom. The van der Waals surface area contributed by atoms with E-state index in [1.807, 2.05) is 18.7 Å². The zero-order chi connectivity index (χ0) is 17.7. The van der Waals surface area contributed by atoms with Crippen LogP contribution in [0.1, 0.15) is 43.5 Å². The van der Waals surface area contributed by atoms with Crippen LogP contribution in [0, 0.1) is 5.92 Å². The molecule has 1 fully saturated rings. The Kier molecular flexibility index (Phi) is 5.99. The van der Waals surface area contributed by atoms with Crippen molar-refractivity contribution in [3.63, 3.8) is 0 Å². The molecule has 0 aromatic carbocycles. The second kappa shape index (κ2) is 7.79. The fourth-order valence-corrected chi connectivity index (χ4v) is 2.81. The Balaban J connectivity index is 1.73. The minimum absolute atomic E-state index is 0.0940. The van der Waals surface area contributed by atoms with Crippen LogP contribution in [-0.4, -0.2) is 58.8 Å². The van der Waals surface area contributed by atoms with Crippen LogP contribution in [0.2, 0.25) is 0 Å². The topological polar surface area (TPSA) is 76.5 Å². The van der Waals surface area contributed by atoms with Crippen molar-refractivity contribution in [2.45, 2.75) is 38.7 Å². The number of amides is 2. The van der Waals surface area contributed by atoms with Gasteiger partial charge in [-0.05, 0) is 32.6 Å². The average Bonchev–Trinajstić information content (AvgIpc) is 2.99. The molecule has 1 N–H and O–H groups in total. The molecule has 2 rings (SSSR count). The summed E-state index contributed by atoms with van der Waals surface area (Å²) >= 11 is 0. The third-order valence-corrected chi connectivity index (χ3v) is 4.62. The van der Waals surface area contributed by atoms with Gasteiger partial charge in [0.05, 0.1) is 23.8 Å². The second-order valence-corrected chi connectivity index (χ2v) is 7.08. The normalized spacial score (nSPS) is 16.2. The molecule has 2 amide bonds. The average molecular weight is 336 g/mol. The van der Waals surface area contributed by atoms with E-state index in [4.69, 9.17) is 4.74 Å². The largest absolute Gasteiger partial charge is 0.378 e. The van der Waals surface area contributed by atoms with Gasteiger partial charge < -0.3 is 15.0 Å². The molecule has 24 heavy (non-hydrogen) atoms. The number of ether oxygens (including phenoxy) is 1. The molecule has 1 aromatic rings. The van der Waals surface area contributed by atoms with Crippen LogP contribution < -0.4 is 5.32 Å². The van der Waals surface area contributed by atoms with Gasteiger partial charge in [-0.15, -0.1) is 0 Å². The van der Waals surface area contributed by atoms with Crippen molar-refractivity contribution < 1.29 is 14.3 Å². The van der Waals surface area contributed by atoms with Crippen molar-refractivity contribution in [3.8, 4) is 0 Å². The Labute approximate surface area is 143 Å². The third kappa shape index (κ3) is 5.06. The summed E-state index contributed by atoms with van der Waals surface area (Å²) in [6.45, 7) is 5.97. The van der Waals surface area contributed by atoms with E-state index in [0.29, 0.717) is 24.4 Å². The molecule has 0 aliphatic carbocycles. The van der Waals surface area contributed by atoms with Gasteiger partial charge in [0.2, 0.25) is 5.91 Å². The number of aromatic nitrogens is 2. The number of hydrogen-bond donors (Lipinski definition) is 1. The van der Waals surface area contributed by atoms with Crippen LogP contribution in [0.25, 0.3) is 0 Å². The van der Waals surface area contributed by atoms with Gasteiger partial charge in [-0.1, -0.05) is 0 Å². The molecular formula is C17H28N4O3. The monoisotopic (exact) mass is 336 g/mol. The highest BCUT2D eigenvalue weighted by Crippen LogP contribution is 2.20. The highest BCUT2D eigenvalue weighted by molar-refractivity contribution is 5.93. The van der Waals surface area contributed by atoms with Gasteiger partial charge in [0.25, 0.3) is 5.91 Å². The molecule has 2 heterocycles. The predicted molar refractivity (Wildman–Crippen MR) is 90.6 cm³/mol. The van der Waals surface area contributed by atoms with E-state index in [1.165, 1.54) is 0 Å². The molecule has 1 aliphatic heterocycles. The molecule has 1 saturated heterocycles. The molecule has 1 aliphatic rings. The van der Waals surface area contributed by atoms with E-state index in [9.17, 15) is 9.59 Å². The molecule has 7 heteroatoms. The van der Waals surface area contributed by atoms with E-state index >= 15 is 0 Å². The number of aryl methyl sites for hydroxylation is 1. The molecular weight excluding hydrogens is 308 g/mol. The maximum atomic E-state index is 12.3. The number of carbonyl (C=O) groups is 2. The molecule has 0 spiro atoms. The van der Waals surface area contributed by atoms with E-state index in [2.05, 4.69) is 10.4 Å². The summed E-state index contributed by atoms with van der Waals surface area (Å²) in [4.78, 5) is 26.2. The molecule has 0 atom stereocenters. The van der Waals surface area contributed by atoms with Crippen molar-refractivity contribution in [2.24, 2.45) is 13.0 Å². The minimum Gasteiger partial charge on any atom is -0.378 e. The number of nitrogens with zero attached hydrogens (tertiary/aromatic N) is 3. The zero-order valence-electron chi connectivity index (χ0n) is 15.0. The fraction of sp³-hybridized carbons (Fsp3) is 0.706. The molecule has 0 radical (unpaired) electrons. The maximum absolute atomic E-state index is 12.3. The summed E-state index contributed by atoms with van der Waals surface area (Å²) in [5, 5.41) is 6.96. The van der Waals surface area contributed by atoms with Gasteiger partial charge in [0.15, 0.2) is 0 Å². The van der Waals surface area contributed by atoms with Crippen molar-refractivity contribution in [3.05, 3.63) is 18.0 Å². The van der Waals surface area contributed by atoms with Crippen molar-refractivity contribution in [2.75, 3.05) is 26.7 Å². The van der Waals surface area contributed by atoms with E-state index < -0.39 is 5.60 Å². The molecule has 134 valence electrons. The quantitative estimate of drug-likeness (QED) is 0.847. The van der Waals surface area contributed by atoms with Crippen LogP contribution in [0.5, 0.6) is 0 Å². The van der Waals surface area contributed by atoms with Crippen LogP contribution >= 0.6 is 0 Å². The number of piperidine rings is 1. The number of carbonyl (C=O) groups excluding carboxylic acids is 2. The number of nitrogens with one attached hydrogen (secondary N) is 1. The van der Waals surface area contributed by atoms with Crippen LogP contribution in [0.15, 0.2) is 12.4 Å². The smallest absolute Gasteiger partial charge is 0.254 e. The van der Waals surface area contributed by atoms with Gasteiger partial charge in [-0.3, -0.25) is 14.3 Å². The highest BCUT2D eigenvalue weighted by Gasteiger charge is 2.28. The van der Waals surface area contributed by atoms with Gasteiger partial charge in [-0.2, -0.15) is 5.10 Å². The summed E-state index contributed by atoms with van der Waals surface area (Å²) in [5.41, 5.74) is 0.151. The summed E-state index contributed by atoms with van der Waals surface area (Å²) in [6, 6.07) is 0. The fourth-order valence-electron chi connectivity index (χ4n) is 2.81. The van der Waals surface area contributed by atoms with E-state index in [1.54, 1.807) is 31.2 Å². The first-order valence-electron chi connectivity index (χ1n) is 8.40. The first-order chi connectivity index (χ1) is 11.3. The van der Waals surface area contributed by atoms with E-state index in [-0.39, 0.29) is 11.8 Å². The predicted octanol–water partition coefficient (Wildman–Crippen LogP) is 1.20. The molecule has 1 aromatic heterocycles. The molecule has 0 bridgehead atoms. The minimum atomic E-state index is -0.425. The third-order valence-electron chi connectivity index (χ3n) is 4.62. The lowest BCUT2D eigenvalue weighted by Crippen LogP contribution is -2.43. The van der Waals surface area contributed by atoms with Crippen molar-refractivity contribution >= 4 is 11.8 Å². The SMILES string of the molecule is COC(C)(C)CC(=O)N1CCC(CNC(=O)c2cnn(C)c2)CC1. The summed E-state index contributed by atoms with van der Waals surface area (Å²) < 4.78 is 6.94. The Hall–Kier alpha value is -1.89. The Morgan fingerprint density at radius 3 is 2.58 bits per heavy atom. The summed E-state index contributed by atoms with van der Waals surface area (Å²) in [5.74, 6) is 0.452. The number of methoxy groups -OCH3 is 1. The standard InChI is InChI=1S/C17H28N4O3/c1-17(2,24-4)9-15(22)21-7-5-13(6-8-21)10-18-16(23)14-11-19-20(3)12-14/h11-13H,5-10H2,1-4H3,(H,18,23). The zero-order valence-corrected chi connectivity index (χ0v) is 15.0. The lowest BCUT2D eigenvalue weighted by molar-refractivity contribution is -0.137. The first-order valence-corrected chi connectivity index (χ1v) is 8.40. The molecule has 0 unspecified atom stereocenters. The summed E-state index contributed by atoms with van der Waals surface area (Å²) in [6.07, 6.45) is 5.48. The Bertz CT molecular complexity index is 574. The van der Waals surface area contributed by atoms with E-state index in [0.717, 1.165) is 25.9 Å². The van der Waals surface area contributed by atoms with Gasteiger partial charge in [0, 0.05) is 40.0 Å². The van der Waals surface area contributed by atoms with Crippen LogP contribution in [0.3, 0.4) is 0 Å². The van der Waals surface area contributed by atoms with Crippen LogP contribution in [-0.2, 0) is 16.6 Å². The highest BCUT2D eigenvalue weighted by atomic mass is 16.5.